The zero-order valence-corrected chi connectivity index (χ0v) is 13.6. The van der Waals surface area contributed by atoms with Crippen molar-refractivity contribution >= 4 is 5.91 Å². The molecular formula is C18H28N2O. The standard InChI is InChI=1S/C18H28N2O/c1-4-5-11-20(13-16-7-6-10-19-16)18(21)17-9-8-14(2)12-15(17)3/h8-9,12,16,19H,4-7,10-11,13H2,1-3H3. The number of benzene rings is 1. The predicted octanol–water partition coefficient (Wildman–Crippen LogP) is 3.30. The molecule has 1 saturated heterocycles. The fourth-order valence-electron chi connectivity index (χ4n) is 3.03. The summed E-state index contributed by atoms with van der Waals surface area (Å²) in [4.78, 5) is 14.9. The fraction of sp³-hybridized carbons (Fsp3) is 0.611. The van der Waals surface area contributed by atoms with Gasteiger partial charge in [-0.05, 0) is 51.3 Å². The summed E-state index contributed by atoms with van der Waals surface area (Å²) in [5, 5.41) is 3.50. The molecule has 0 radical (unpaired) electrons. The Morgan fingerprint density at radius 2 is 2.19 bits per heavy atom. The molecule has 1 aliphatic heterocycles. The van der Waals surface area contributed by atoms with E-state index in [2.05, 4.69) is 25.2 Å². The molecular weight excluding hydrogens is 260 g/mol. The minimum Gasteiger partial charge on any atom is -0.337 e. The minimum atomic E-state index is 0.189. The Morgan fingerprint density at radius 3 is 2.81 bits per heavy atom. The molecule has 3 heteroatoms. The van der Waals surface area contributed by atoms with Crippen LogP contribution >= 0.6 is 0 Å². The lowest BCUT2D eigenvalue weighted by molar-refractivity contribution is 0.0739. The molecule has 1 aliphatic rings. The van der Waals surface area contributed by atoms with E-state index in [0.29, 0.717) is 6.04 Å². The number of rotatable bonds is 6. The second kappa shape index (κ2) is 7.60. The molecule has 1 unspecified atom stereocenters. The van der Waals surface area contributed by atoms with E-state index in [1.54, 1.807) is 0 Å². The number of carbonyl (C=O) groups is 1. The Morgan fingerprint density at radius 1 is 1.38 bits per heavy atom. The van der Waals surface area contributed by atoms with Gasteiger partial charge in [0.2, 0.25) is 0 Å². The predicted molar refractivity (Wildman–Crippen MR) is 87.8 cm³/mol. The van der Waals surface area contributed by atoms with Crippen molar-refractivity contribution < 1.29 is 4.79 Å². The first-order valence-corrected chi connectivity index (χ1v) is 8.21. The number of aryl methyl sites for hydroxylation is 2. The van der Waals surface area contributed by atoms with E-state index in [-0.39, 0.29) is 5.91 Å². The van der Waals surface area contributed by atoms with E-state index in [9.17, 15) is 4.79 Å². The lowest BCUT2D eigenvalue weighted by Crippen LogP contribution is -2.41. The van der Waals surface area contributed by atoms with Gasteiger partial charge < -0.3 is 10.2 Å². The van der Waals surface area contributed by atoms with Crippen LogP contribution in [0.4, 0.5) is 0 Å². The summed E-state index contributed by atoms with van der Waals surface area (Å²) in [7, 11) is 0. The lowest BCUT2D eigenvalue weighted by Gasteiger charge is -2.26. The van der Waals surface area contributed by atoms with Crippen LogP contribution in [0.1, 0.15) is 54.1 Å². The average molecular weight is 288 g/mol. The van der Waals surface area contributed by atoms with Crippen LogP contribution in [0.2, 0.25) is 0 Å². The Hall–Kier alpha value is -1.35. The molecule has 0 spiro atoms. The van der Waals surface area contributed by atoms with E-state index in [4.69, 9.17) is 0 Å². The highest BCUT2D eigenvalue weighted by atomic mass is 16.2. The van der Waals surface area contributed by atoms with Crippen molar-refractivity contribution in [3.8, 4) is 0 Å². The maximum Gasteiger partial charge on any atom is 0.254 e. The molecule has 1 atom stereocenters. The number of unbranched alkanes of at least 4 members (excludes halogenated alkanes) is 1. The normalized spacial score (nSPS) is 18.0. The molecule has 0 aliphatic carbocycles. The summed E-state index contributed by atoms with van der Waals surface area (Å²) in [5.74, 6) is 0.189. The van der Waals surface area contributed by atoms with Crippen molar-refractivity contribution in [2.24, 2.45) is 0 Å². The van der Waals surface area contributed by atoms with Gasteiger partial charge in [-0.3, -0.25) is 4.79 Å². The molecule has 3 nitrogen and oxygen atoms in total. The number of hydrogen-bond donors (Lipinski definition) is 1. The van der Waals surface area contributed by atoms with Crippen molar-refractivity contribution in [3.63, 3.8) is 0 Å². The fourth-order valence-corrected chi connectivity index (χ4v) is 3.03. The Bertz CT molecular complexity index is 478. The van der Waals surface area contributed by atoms with Gasteiger partial charge in [-0.15, -0.1) is 0 Å². The Labute approximate surface area is 128 Å². The third-order valence-corrected chi connectivity index (χ3v) is 4.28. The van der Waals surface area contributed by atoms with Gasteiger partial charge in [0.15, 0.2) is 0 Å². The monoisotopic (exact) mass is 288 g/mol. The average Bonchev–Trinajstić information content (AvgIpc) is 2.95. The third-order valence-electron chi connectivity index (χ3n) is 4.28. The SMILES string of the molecule is CCCCN(CC1CCCN1)C(=O)c1ccc(C)cc1C. The van der Waals surface area contributed by atoms with Gasteiger partial charge in [0.05, 0.1) is 0 Å². The zero-order chi connectivity index (χ0) is 15.2. The first kappa shape index (κ1) is 16.0. The highest BCUT2D eigenvalue weighted by Crippen LogP contribution is 2.16. The molecule has 21 heavy (non-hydrogen) atoms. The summed E-state index contributed by atoms with van der Waals surface area (Å²) in [5.41, 5.74) is 3.15. The number of hydrogen-bond acceptors (Lipinski definition) is 2. The summed E-state index contributed by atoms with van der Waals surface area (Å²) in [6.07, 6.45) is 4.60. The van der Waals surface area contributed by atoms with Gasteiger partial charge in [-0.25, -0.2) is 0 Å². The van der Waals surface area contributed by atoms with Crippen molar-refractivity contribution in [2.75, 3.05) is 19.6 Å². The van der Waals surface area contributed by atoms with Crippen LogP contribution in [0.3, 0.4) is 0 Å². The number of carbonyl (C=O) groups excluding carboxylic acids is 1. The first-order valence-electron chi connectivity index (χ1n) is 8.21. The molecule has 116 valence electrons. The molecule has 1 amide bonds. The highest BCUT2D eigenvalue weighted by Gasteiger charge is 2.22. The van der Waals surface area contributed by atoms with E-state index < -0.39 is 0 Å². The van der Waals surface area contributed by atoms with Crippen LogP contribution in [-0.4, -0.2) is 36.5 Å². The van der Waals surface area contributed by atoms with Crippen molar-refractivity contribution in [1.29, 1.82) is 0 Å². The van der Waals surface area contributed by atoms with Gasteiger partial charge in [-0.2, -0.15) is 0 Å². The summed E-state index contributed by atoms with van der Waals surface area (Å²) < 4.78 is 0. The van der Waals surface area contributed by atoms with E-state index in [1.165, 1.54) is 18.4 Å². The van der Waals surface area contributed by atoms with Gasteiger partial charge in [0.25, 0.3) is 5.91 Å². The Kier molecular flexibility index (Phi) is 5.80. The molecule has 1 heterocycles. The highest BCUT2D eigenvalue weighted by molar-refractivity contribution is 5.95. The third kappa shape index (κ3) is 4.31. The molecule has 1 aromatic carbocycles. The van der Waals surface area contributed by atoms with Gasteiger partial charge in [0.1, 0.15) is 0 Å². The van der Waals surface area contributed by atoms with E-state index in [1.807, 2.05) is 24.0 Å². The minimum absolute atomic E-state index is 0.189. The first-order chi connectivity index (χ1) is 10.1. The zero-order valence-electron chi connectivity index (χ0n) is 13.6. The molecule has 1 aromatic rings. The van der Waals surface area contributed by atoms with Crippen molar-refractivity contribution in [2.45, 2.75) is 52.5 Å². The topological polar surface area (TPSA) is 32.3 Å². The van der Waals surface area contributed by atoms with Crippen LogP contribution in [0.25, 0.3) is 0 Å². The number of nitrogens with one attached hydrogen (secondary N) is 1. The van der Waals surface area contributed by atoms with Crippen molar-refractivity contribution in [3.05, 3.63) is 34.9 Å². The van der Waals surface area contributed by atoms with Gasteiger partial charge in [-0.1, -0.05) is 31.0 Å². The Balaban J connectivity index is 2.11. The largest absolute Gasteiger partial charge is 0.337 e. The number of amides is 1. The lowest BCUT2D eigenvalue weighted by atomic mass is 10.0. The second-order valence-corrected chi connectivity index (χ2v) is 6.22. The van der Waals surface area contributed by atoms with E-state index >= 15 is 0 Å². The molecule has 0 aromatic heterocycles. The van der Waals surface area contributed by atoms with Crippen molar-refractivity contribution in [1.82, 2.24) is 10.2 Å². The number of nitrogens with zero attached hydrogens (tertiary/aromatic N) is 1. The summed E-state index contributed by atoms with van der Waals surface area (Å²) in [6, 6.07) is 6.58. The van der Waals surface area contributed by atoms with E-state index in [0.717, 1.165) is 43.6 Å². The molecule has 0 saturated carbocycles. The summed E-state index contributed by atoms with van der Waals surface area (Å²) in [6.45, 7) is 9.06. The van der Waals surface area contributed by atoms with Crippen LogP contribution in [0.15, 0.2) is 18.2 Å². The molecule has 1 fully saturated rings. The van der Waals surface area contributed by atoms with Crippen LogP contribution in [-0.2, 0) is 0 Å². The van der Waals surface area contributed by atoms with Crippen LogP contribution < -0.4 is 5.32 Å². The molecule has 2 rings (SSSR count). The maximum atomic E-state index is 12.9. The van der Waals surface area contributed by atoms with Gasteiger partial charge in [0, 0.05) is 24.7 Å². The smallest absolute Gasteiger partial charge is 0.254 e. The molecule has 0 bridgehead atoms. The molecule has 1 N–H and O–H groups in total. The van der Waals surface area contributed by atoms with Crippen LogP contribution in [0, 0.1) is 13.8 Å². The second-order valence-electron chi connectivity index (χ2n) is 6.22. The van der Waals surface area contributed by atoms with Crippen LogP contribution in [0.5, 0.6) is 0 Å². The quantitative estimate of drug-likeness (QED) is 0.871. The van der Waals surface area contributed by atoms with Gasteiger partial charge >= 0.3 is 0 Å². The summed E-state index contributed by atoms with van der Waals surface area (Å²) >= 11 is 0. The maximum absolute atomic E-state index is 12.9.